The number of nitrogens with zero attached hydrogens (tertiary/aromatic N) is 1. The summed E-state index contributed by atoms with van der Waals surface area (Å²) < 4.78 is 0. The first-order valence-corrected chi connectivity index (χ1v) is 13.2. The minimum Gasteiger partial charge on any atom is -0.342 e. The molecule has 0 aromatic heterocycles. The second-order valence-electron chi connectivity index (χ2n) is 11.4. The number of likely N-dealkylation sites (tertiary alicyclic amines) is 1. The van der Waals surface area contributed by atoms with Gasteiger partial charge in [-0.15, -0.1) is 0 Å². The number of amides is 1. The van der Waals surface area contributed by atoms with Crippen LogP contribution in [0.3, 0.4) is 0 Å². The lowest BCUT2D eigenvalue weighted by Gasteiger charge is -2.35. The van der Waals surface area contributed by atoms with Crippen molar-refractivity contribution in [3.63, 3.8) is 0 Å². The summed E-state index contributed by atoms with van der Waals surface area (Å²) in [6, 6.07) is 0. The molecule has 0 spiro atoms. The Morgan fingerprint density at radius 3 is 2.14 bits per heavy atom. The van der Waals surface area contributed by atoms with Crippen LogP contribution >= 0.6 is 21.6 Å². The van der Waals surface area contributed by atoms with Gasteiger partial charge in [0.25, 0.3) is 0 Å². The van der Waals surface area contributed by atoms with Gasteiger partial charge in [-0.25, -0.2) is 0 Å². The summed E-state index contributed by atoms with van der Waals surface area (Å²) in [6.45, 7) is 19.7. The monoisotopic (exact) mass is 429 g/mol. The fourth-order valence-corrected chi connectivity index (χ4v) is 7.91. The minimum absolute atomic E-state index is 0.0241. The Bertz CT molecular complexity index is 517. The van der Waals surface area contributed by atoms with Crippen molar-refractivity contribution in [3.05, 3.63) is 0 Å². The quantitative estimate of drug-likeness (QED) is 0.207. The number of hydrogen-bond acceptors (Lipinski definition) is 4. The lowest BCUT2D eigenvalue weighted by molar-refractivity contribution is -0.132. The molecular weight excluding hydrogens is 386 g/mol. The topological polar surface area (TPSA) is 37.4 Å². The van der Waals surface area contributed by atoms with Crippen molar-refractivity contribution >= 4 is 33.8 Å². The van der Waals surface area contributed by atoms with Crippen LogP contribution in [0.15, 0.2) is 0 Å². The highest BCUT2D eigenvalue weighted by molar-refractivity contribution is 8.76. The van der Waals surface area contributed by atoms with Gasteiger partial charge in [-0.2, -0.15) is 0 Å². The third kappa shape index (κ3) is 10.0. The molecule has 0 N–H and O–H groups in total. The Morgan fingerprint density at radius 2 is 1.64 bits per heavy atom. The largest absolute Gasteiger partial charge is 0.342 e. The van der Waals surface area contributed by atoms with Gasteiger partial charge in [-0.1, -0.05) is 77.0 Å². The zero-order chi connectivity index (χ0) is 21.6. The van der Waals surface area contributed by atoms with Gasteiger partial charge >= 0.3 is 0 Å². The molecule has 164 valence electrons. The smallest absolute Gasteiger partial charge is 0.223 e. The van der Waals surface area contributed by atoms with Gasteiger partial charge in [0.1, 0.15) is 6.29 Å². The van der Waals surface area contributed by atoms with Crippen molar-refractivity contribution < 1.29 is 9.59 Å². The molecule has 1 heterocycles. The molecule has 0 saturated carbocycles. The van der Waals surface area contributed by atoms with Crippen molar-refractivity contribution in [2.75, 3.05) is 24.6 Å². The van der Waals surface area contributed by atoms with Crippen LogP contribution in [0.4, 0.5) is 0 Å². The summed E-state index contributed by atoms with van der Waals surface area (Å²) >= 11 is 0. The van der Waals surface area contributed by atoms with E-state index in [1.807, 2.05) is 28.5 Å². The molecule has 1 fully saturated rings. The van der Waals surface area contributed by atoms with E-state index in [1.165, 1.54) is 0 Å². The second kappa shape index (κ2) is 10.7. The summed E-state index contributed by atoms with van der Waals surface area (Å²) in [6.07, 6.45) is 4.85. The molecule has 1 amide bonds. The van der Waals surface area contributed by atoms with Crippen LogP contribution in [0.5, 0.6) is 0 Å². The minimum atomic E-state index is 0.0241. The van der Waals surface area contributed by atoms with Gasteiger partial charge < -0.3 is 9.69 Å². The van der Waals surface area contributed by atoms with Crippen LogP contribution in [0.1, 0.15) is 81.1 Å². The van der Waals surface area contributed by atoms with Crippen LogP contribution in [-0.4, -0.2) is 41.7 Å². The molecule has 1 aliphatic rings. The highest BCUT2D eigenvalue weighted by Gasteiger charge is 2.33. The number of carbonyl (C=O) groups excluding carboxylic acids is 2. The zero-order valence-corrected chi connectivity index (χ0v) is 21.1. The molecule has 0 aromatic carbocycles. The van der Waals surface area contributed by atoms with Gasteiger partial charge in [0, 0.05) is 36.9 Å². The summed E-state index contributed by atoms with van der Waals surface area (Å²) in [5, 5.41) is 0. The summed E-state index contributed by atoms with van der Waals surface area (Å²) in [4.78, 5) is 25.6. The van der Waals surface area contributed by atoms with Crippen molar-refractivity contribution in [1.82, 2.24) is 4.90 Å². The molecule has 0 aliphatic carbocycles. The molecule has 2 atom stereocenters. The standard InChI is InChI=1S/C23H43NO2S2/c1-18-9-10-24(13-18)20(26)12-21(3,4)15-23(7,8)17-28-27-16-22(5,6)11-19(2)14-25/h14,18-19H,9-13,15-17H2,1-8H3. The van der Waals surface area contributed by atoms with Gasteiger partial charge in [0.2, 0.25) is 5.91 Å². The Balaban J connectivity index is 2.40. The highest BCUT2D eigenvalue weighted by atomic mass is 33.1. The fraction of sp³-hybridized carbons (Fsp3) is 0.913. The van der Waals surface area contributed by atoms with E-state index < -0.39 is 0 Å². The van der Waals surface area contributed by atoms with Crippen LogP contribution in [-0.2, 0) is 9.59 Å². The molecule has 0 radical (unpaired) electrons. The molecular formula is C23H43NO2S2. The Labute approximate surface area is 181 Å². The average molecular weight is 430 g/mol. The zero-order valence-electron chi connectivity index (χ0n) is 19.5. The Kier molecular flexibility index (Phi) is 9.93. The van der Waals surface area contributed by atoms with Gasteiger partial charge in [0.15, 0.2) is 0 Å². The molecule has 1 rings (SSSR count). The lowest BCUT2D eigenvalue weighted by atomic mass is 9.74. The van der Waals surface area contributed by atoms with E-state index in [4.69, 9.17) is 0 Å². The van der Waals surface area contributed by atoms with Crippen molar-refractivity contribution in [1.29, 1.82) is 0 Å². The molecule has 5 heteroatoms. The SMILES string of the molecule is CC(C=O)CC(C)(C)CSSCC(C)(C)CC(C)(C)CC(=O)N1CCC(C)C1. The van der Waals surface area contributed by atoms with Crippen LogP contribution in [0.25, 0.3) is 0 Å². The second-order valence-corrected chi connectivity index (χ2v) is 13.9. The number of aldehydes is 1. The fourth-order valence-electron chi connectivity index (χ4n) is 4.47. The molecule has 28 heavy (non-hydrogen) atoms. The van der Waals surface area contributed by atoms with Gasteiger partial charge in [-0.05, 0) is 41.4 Å². The summed E-state index contributed by atoms with van der Waals surface area (Å²) in [5.74, 6) is 3.25. The molecule has 2 unspecified atom stereocenters. The van der Waals surface area contributed by atoms with E-state index in [1.54, 1.807) is 0 Å². The maximum absolute atomic E-state index is 12.7. The van der Waals surface area contributed by atoms with Gasteiger partial charge in [0.05, 0.1) is 0 Å². The van der Waals surface area contributed by atoms with Crippen LogP contribution < -0.4 is 0 Å². The third-order valence-electron chi connectivity index (χ3n) is 5.45. The third-order valence-corrected chi connectivity index (χ3v) is 8.63. The first kappa shape index (κ1) is 25.9. The molecule has 1 saturated heterocycles. The number of hydrogen-bond donors (Lipinski definition) is 0. The van der Waals surface area contributed by atoms with E-state index in [0.717, 1.165) is 50.1 Å². The van der Waals surface area contributed by atoms with Crippen molar-refractivity contribution in [2.45, 2.75) is 81.1 Å². The van der Waals surface area contributed by atoms with Crippen molar-refractivity contribution in [3.8, 4) is 0 Å². The summed E-state index contributed by atoms with van der Waals surface area (Å²) in [7, 11) is 3.87. The van der Waals surface area contributed by atoms with E-state index in [2.05, 4.69) is 53.4 Å². The maximum atomic E-state index is 12.7. The lowest BCUT2D eigenvalue weighted by Crippen LogP contribution is -2.34. The highest BCUT2D eigenvalue weighted by Crippen LogP contribution is 2.42. The van der Waals surface area contributed by atoms with Crippen LogP contribution in [0.2, 0.25) is 0 Å². The van der Waals surface area contributed by atoms with E-state index in [9.17, 15) is 9.59 Å². The summed E-state index contributed by atoms with van der Waals surface area (Å²) in [5.41, 5.74) is 0.400. The maximum Gasteiger partial charge on any atom is 0.223 e. The van der Waals surface area contributed by atoms with E-state index in [0.29, 0.717) is 18.2 Å². The average Bonchev–Trinajstić information content (AvgIpc) is 2.96. The van der Waals surface area contributed by atoms with Gasteiger partial charge in [-0.3, -0.25) is 4.79 Å². The Morgan fingerprint density at radius 1 is 1.07 bits per heavy atom. The first-order valence-electron chi connectivity index (χ1n) is 10.7. The normalized spacial score (nSPS) is 19.7. The molecule has 3 nitrogen and oxygen atoms in total. The predicted molar refractivity (Wildman–Crippen MR) is 126 cm³/mol. The molecule has 1 aliphatic heterocycles. The number of carbonyl (C=O) groups is 2. The number of rotatable bonds is 12. The predicted octanol–water partition coefficient (Wildman–Crippen LogP) is 6.32. The van der Waals surface area contributed by atoms with E-state index >= 15 is 0 Å². The molecule has 0 bridgehead atoms. The Hall–Kier alpha value is -0.160. The van der Waals surface area contributed by atoms with Crippen LogP contribution in [0, 0.1) is 28.1 Å². The first-order chi connectivity index (χ1) is 12.8. The molecule has 0 aromatic rings. The van der Waals surface area contributed by atoms with Crippen molar-refractivity contribution in [2.24, 2.45) is 28.1 Å². The van der Waals surface area contributed by atoms with E-state index in [-0.39, 0.29) is 22.2 Å².